The van der Waals surface area contributed by atoms with Crippen LogP contribution in [0.25, 0.3) is 0 Å². The van der Waals surface area contributed by atoms with Gasteiger partial charge in [-0.1, -0.05) is 6.92 Å². The number of hydrogen-bond acceptors (Lipinski definition) is 5. The molecular formula is C21H33N5O3. The molecule has 4 rings (SSSR count). The van der Waals surface area contributed by atoms with Gasteiger partial charge in [0.1, 0.15) is 6.61 Å². The molecule has 8 heteroatoms. The summed E-state index contributed by atoms with van der Waals surface area (Å²) < 4.78 is 5.13. The van der Waals surface area contributed by atoms with Gasteiger partial charge in [0.2, 0.25) is 11.8 Å². The molecule has 1 aromatic rings. The van der Waals surface area contributed by atoms with E-state index >= 15 is 0 Å². The predicted octanol–water partition coefficient (Wildman–Crippen LogP) is 0.990. The summed E-state index contributed by atoms with van der Waals surface area (Å²) in [5.74, 6) is 0.253. The molecule has 29 heavy (non-hydrogen) atoms. The monoisotopic (exact) mass is 403 g/mol. The molecule has 1 spiro atoms. The highest BCUT2D eigenvalue weighted by Gasteiger charge is 2.49. The van der Waals surface area contributed by atoms with Crippen LogP contribution in [0.15, 0.2) is 6.33 Å². The number of hydrogen-bond donors (Lipinski definition) is 1. The normalized spacial score (nSPS) is 22.7. The lowest BCUT2D eigenvalue weighted by Gasteiger charge is -2.50. The molecule has 0 aliphatic carbocycles. The number of carbonyl (C=O) groups is 2. The van der Waals surface area contributed by atoms with Crippen molar-refractivity contribution in [2.24, 2.45) is 5.92 Å². The summed E-state index contributed by atoms with van der Waals surface area (Å²) in [5.41, 5.74) is 1.66. The average Bonchev–Trinajstić information content (AvgIpc) is 3.41. The Morgan fingerprint density at radius 3 is 2.62 bits per heavy atom. The third kappa shape index (κ3) is 3.80. The van der Waals surface area contributed by atoms with Crippen LogP contribution in [0.4, 0.5) is 0 Å². The van der Waals surface area contributed by atoms with Crippen molar-refractivity contribution in [1.29, 1.82) is 0 Å². The quantitative estimate of drug-likeness (QED) is 0.793. The minimum atomic E-state index is -0.432. The Morgan fingerprint density at radius 1 is 1.21 bits per heavy atom. The lowest BCUT2D eigenvalue weighted by molar-refractivity contribution is -0.148. The Morgan fingerprint density at radius 2 is 1.93 bits per heavy atom. The number of likely N-dealkylation sites (tertiary alicyclic amines) is 2. The summed E-state index contributed by atoms with van der Waals surface area (Å²) in [6.07, 6.45) is 6.44. The van der Waals surface area contributed by atoms with Gasteiger partial charge in [0.05, 0.1) is 17.6 Å². The largest absolute Gasteiger partial charge is 0.375 e. The van der Waals surface area contributed by atoms with Gasteiger partial charge in [-0.25, -0.2) is 4.98 Å². The fraction of sp³-hybridized carbons (Fsp3) is 0.762. The number of fused-ring (bicyclic) bond motifs is 2. The molecule has 2 fully saturated rings. The summed E-state index contributed by atoms with van der Waals surface area (Å²) >= 11 is 0. The van der Waals surface area contributed by atoms with E-state index in [9.17, 15) is 9.59 Å². The highest BCUT2D eigenvalue weighted by molar-refractivity contribution is 5.80. The molecule has 1 atom stereocenters. The number of imidazole rings is 1. The number of ether oxygens (including phenoxy) is 1. The van der Waals surface area contributed by atoms with Gasteiger partial charge in [0.15, 0.2) is 0 Å². The molecule has 2 amide bonds. The molecule has 160 valence electrons. The lowest BCUT2D eigenvalue weighted by Crippen LogP contribution is -2.60. The van der Waals surface area contributed by atoms with Crippen LogP contribution in [-0.2, 0) is 26.3 Å². The molecule has 1 aromatic heterocycles. The molecule has 2 saturated heterocycles. The predicted molar refractivity (Wildman–Crippen MR) is 108 cm³/mol. The Bertz CT molecular complexity index is 734. The number of nitrogens with one attached hydrogen (secondary N) is 1. The number of nitrogens with zero attached hydrogens (tertiary/aromatic N) is 4. The summed E-state index contributed by atoms with van der Waals surface area (Å²) in [7, 11) is 1.55. The Balaban J connectivity index is 1.46. The van der Waals surface area contributed by atoms with Crippen LogP contribution in [0.2, 0.25) is 0 Å². The first kappa shape index (κ1) is 20.3. The number of piperidine rings is 1. The van der Waals surface area contributed by atoms with Crippen LogP contribution in [0.1, 0.15) is 44.0 Å². The van der Waals surface area contributed by atoms with Gasteiger partial charge in [0.25, 0.3) is 0 Å². The third-order valence-corrected chi connectivity index (χ3v) is 6.88. The first-order chi connectivity index (χ1) is 14.0. The first-order valence-corrected chi connectivity index (χ1v) is 10.9. The van der Waals surface area contributed by atoms with Crippen molar-refractivity contribution in [1.82, 2.24) is 24.7 Å². The molecule has 1 N–H and O–H groups in total. The van der Waals surface area contributed by atoms with Gasteiger partial charge in [-0.05, 0) is 38.8 Å². The van der Waals surface area contributed by atoms with Crippen molar-refractivity contribution in [2.45, 2.75) is 44.6 Å². The Kier molecular flexibility index (Phi) is 5.92. The zero-order chi connectivity index (χ0) is 20.4. The van der Waals surface area contributed by atoms with Crippen molar-refractivity contribution >= 4 is 11.8 Å². The van der Waals surface area contributed by atoms with E-state index in [1.54, 1.807) is 13.4 Å². The van der Waals surface area contributed by atoms with E-state index in [-0.39, 0.29) is 24.3 Å². The first-order valence-electron chi connectivity index (χ1n) is 10.9. The van der Waals surface area contributed by atoms with Gasteiger partial charge >= 0.3 is 0 Å². The number of methoxy groups -OCH3 is 1. The maximum Gasteiger partial charge on any atom is 0.249 e. The van der Waals surface area contributed by atoms with Crippen molar-refractivity contribution in [3.05, 3.63) is 17.7 Å². The van der Waals surface area contributed by atoms with Crippen LogP contribution in [0, 0.1) is 5.92 Å². The van der Waals surface area contributed by atoms with E-state index in [2.05, 4.69) is 14.9 Å². The van der Waals surface area contributed by atoms with Crippen molar-refractivity contribution in [2.75, 3.05) is 53.0 Å². The fourth-order valence-corrected chi connectivity index (χ4v) is 5.39. The van der Waals surface area contributed by atoms with E-state index in [1.807, 2.05) is 16.7 Å². The topological polar surface area (TPSA) is 81.8 Å². The molecule has 0 bridgehead atoms. The van der Waals surface area contributed by atoms with Crippen LogP contribution < -0.4 is 0 Å². The zero-order valence-electron chi connectivity index (χ0n) is 17.7. The van der Waals surface area contributed by atoms with Crippen molar-refractivity contribution in [3.8, 4) is 0 Å². The van der Waals surface area contributed by atoms with Crippen molar-refractivity contribution in [3.63, 3.8) is 0 Å². The number of aromatic amines is 1. The van der Waals surface area contributed by atoms with E-state index in [0.29, 0.717) is 19.6 Å². The van der Waals surface area contributed by atoms with Gasteiger partial charge < -0.3 is 24.4 Å². The minimum Gasteiger partial charge on any atom is -0.375 e. The second-order valence-corrected chi connectivity index (χ2v) is 8.72. The Labute approximate surface area is 172 Å². The molecule has 0 radical (unpaired) electrons. The third-order valence-electron chi connectivity index (χ3n) is 6.88. The minimum absolute atomic E-state index is 0.00308. The Hall–Kier alpha value is -1.93. The molecule has 0 aromatic carbocycles. The average molecular weight is 404 g/mol. The number of carbonyl (C=O) groups excluding carboxylic acids is 2. The number of rotatable bonds is 5. The van der Waals surface area contributed by atoms with Crippen LogP contribution in [0.5, 0.6) is 0 Å². The van der Waals surface area contributed by atoms with Crippen molar-refractivity contribution < 1.29 is 14.3 Å². The number of aromatic nitrogens is 2. The summed E-state index contributed by atoms with van der Waals surface area (Å²) in [6.45, 7) is 7.18. The highest BCUT2D eigenvalue weighted by Crippen LogP contribution is 2.42. The maximum absolute atomic E-state index is 13.0. The second kappa shape index (κ2) is 8.44. The summed E-state index contributed by atoms with van der Waals surface area (Å²) in [5, 5.41) is 0. The molecular weight excluding hydrogens is 370 g/mol. The molecule has 0 saturated carbocycles. The summed E-state index contributed by atoms with van der Waals surface area (Å²) in [6, 6.07) is 0. The number of amides is 2. The maximum atomic E-state index is 13.0. The van der Waals surface area contributed by atoms with E-state index < -0.39 is 5.54 Å². The van der Waals surface area contributed by atoms with E-state index in [4.69, 9.17) is 4.74 Å². The fourth-order valence-electron chi connectivity index (χ4n) is 5.39. The second-order valence-electron chi connectivity index (χ2n) is 8.72. The lowest BCUT2D eigenvalue weighted by atomic mass is 9.78. The smallest absolute Gasteiger partial charge is 0.249 e. The summed E-state index contributed by atoms with van der Waals surface area (Å²) in [4.78, 5) is 40.0. The highest BCUT2D eigenvalue weighted by atomic mass is 16.5. The molecule has 8 nitrogen and oxygen atoms in total. The van der Waals surface area contributed by atoms with Crippen LogP contribution in [0.3, 0.4) is 0 Å². The van der Waals surface area contributed by atoms with Gasteiger partial charge in [-0.3, -0.25) is 9.59 Å². The molecule has 3 aliphatic heterocycles. The van der Waals surface area contributed by atoms with Gasteiger partial charge in [-0.2, -0.15) is 0 Å². The molecule has 3 aliphatic rings. The molecule has 4 heterocycles. The van der Waals surface area contributed by atoms with Gasteiger partial charge in [-0.15, -0.1) is 0 Å². The standard InChI is InChI=1S/C21H33N5O3/c1-16(13-24-8-3-4-9-24)20(28)25-11-6-21(7-12-25)19-17(22-15-23-19)5-10-26(21)18(27)14-29-2/h15-16H,3-14H2,1-2H3,(H,22,23)/t16-/m0/s1. The van der Waals surface area contributed by atoms with E-state index in [1.165, 1.54) is 12.8 Å². The van der Waals surface area contributed by atoms with E-state index in [0.717, 1.165) is 50.3 Å². The van der Waals surface area contributed by atoms with Gasteiger partial charge in [0, 0.05) is 51.3 Å². The molecule has 0 unspecified atom stereocenters. The SMILES string of the molecule is COCC(=O)N1CCc2[nH]cnc2C12CCN(C(=O)[C@@H](C)CN1CCCC1)CC2. The zero-order valence-corrected chi connectivity index (χ0v) is 17.7. The number of H-pyrrole nitrogens is 1. The van der Waals surface area contributed by atoms with Crippen LogP contribution in [-0.4, -0.2) is 89.5 Å². The van der Waals surface area contributed by atoms with Crippen LogP contribution >= 0.6 is 0 Å².